The number of unbranched alkanes of at least 4 members (excludes halogenated alkanes) is 3. The first kappa shape index (κ1) is 23.3. The second-order valence-corrected chi connectivity index (χ2v) is 21.6. The van der Waals surface area contributed by atoms with Crippen molar-refractivity contribution in [3.05, 3.63) is 21.8 Å². The number of aliphatic hydroxyl groups is 1. The average Bonchev–Trinajstić information content (AvgIpc) is 2.66. The molecule has 0 saturated heterocycles. The number of hydrogen-bond acceptors (Lipinski definition) is 1. The third kappa shape index (κ3) is 8.64. The van der Waals surface area contributed by atoms with Crippen LogP contribution in [0.4, 0.5) is 0 Å². The van der Waals surface area contributed by atoms with Gasteiger partial charge in [-0.25, -0.2) is 0 Å². The van der Waals surface area contributed by atoms with Crippen molar-refractivity contribution >= 4 is 18.4 Å². The minimum absolute atomic E-state index is 0.322. The molecule has 0 bridgehead atoms. The molecule has 0 aromatic rings. The van der Waals surface area contributed by atoms with Gasteiger partial charge in [-0.05, 0) is 0 Å². The van der Waals surface area contributed by atoms with Crippen molar-refractivity contribution in [3.63, 3.8) is 0 Å². The van der Waals surface area contributed by atoms with Gasteiger partial charge in [0.2, 0.25) is 0 Å². The molecule has 0 aromatic carbocycles. The molecule has 0 heterocycles. The maximum atomic E-state index is 10.2. The van der Waals surface area contributed by atoms with Gasteiger partial charge in [0.05, 0.1) is 0 Å². The Balaban J connectivity index is 2.93. The van der Waals surface area contributed by atoms with Crippen LogP contribution in [0, 0.1) is 5.92 Å². The number of rotatable bonds is 13. The predicted octanol–water partition coefficient (Wildman–Crippen LogP) is 7.43. The summed E-state index contributed by atoms with van der Waals surface area (Å²) in [7, 11) is 0. The van der Waals surface area contributed by atoms with Gasteiger partial charge in [0.25, 0.3) is 0 Å². The van der Waals surface area contributed by atoms with Crippen LogP contribution in [0.1, 0.15) is 91.4 Å². The van der Waals surface area contributed by atoms with Gasteiger partial charge in [-0.3, -0.25) is 0 Å². The van der Waals surface area contributed by atoms with Gasteiger partial charge in [0, 0.05) is 0 Å². The second-order valence-electron chi connectivity index (χ2n) is 8.22. The monoisotopic (exact) mass is 456 g/mol. The summed E-state index contributed by atoms with van der Waals surface area (Å²) in [6.07, 6.45) is 22.1. The van der Waals surface area contributed by atoms with Crippen LogP contribution in [-0.2, 0) is 0 Å². The van der Waals surface area contributed by atoms with Gasteiger partial charge in [0.1, 0.15) is 0 Å². The molecule has 2 heteroatoms. The van der Waals surface area contributed by atoms with Crippen molar-refractivity contribution < 1.29 is 5.11 Å². The number of hydrogen-bond donors (Lipinski definition) is 1. The Morgan fingerprint density at radius 3 is 1.84 bits per heavy atom. The van der Waals surface area contributed by atoms with Gasteiger partial charge in [-0.15, -0.1) is 0 Å². The van der Waals surface area contributed by atoms with Gasteiger partial charge in [-0.2, -0.15) is 0 Å². The fourth-order valence-corrected chi connectivity index (χ4v) is 20.4. The molecule has 1 aliphatic carbocycles. The van der Waals surface area contributed by atoms with Crippen LogP contribution in [-0.4, -0.2) is 30.1 Å². The van der Waals surface area contributed by atoms with Crippen molar-refractivity contribution in [1.29, 1.82) is 0 Å². The first-order valence-electron chi connectivity index (χ1n) is 11.2. The maximum absolute atomic E-state index is 10.2. The van der Waals surface area contributed by atoms with Crippen molar-refractivity contribution in [2.24, 2.45) is 5.92 Å². The molecule has 0 atom stereocenters. The first-order valence-corrected chi connectivity index (χ1v) is 18.7. The van der Waals surface area contributed by atoms with E-state index in [1.165, 1.54) is 87.5 Å². The van der Waals surface area contributed by atoms with Crippen LogP contribution in [0.5, 0.6) is 0 Å². The molecule has 0 aliphatic heterocycles. The predicted molar refractivity (Wildman–Crippen MR) is 116 cm³/mol. The average molecular weight is 455 g/mol. The third-order valence-electron chi connectivity index (χ3n) is 6.21. The number of aliphatic hydroxyl groups excluding tert-OH is 1. The molecule has 0 amide bonds. The van der Waals surface area contributed by atoms with Gasteiger partial charge in [0.15, 0.2) is 0 Å². The third-order valence-corrected chi connectivity index (χ3v) is 22.2. The Labute approximate surface area is 162 Å². The fourth-order valence-electron chi connectivity index (χ4n) is 4.45. The minimum atomic E-state index is -2.41. The van der Waals surface area contributed by atoms with Crippen molar-refractivity contribution in [3.8, 4) is 0 Å². The molecular formula is C23H44OSn. The topological polar surface area (TPSA) is 20.2 Å². The number of allylic oxidation sites excluding steroid dienone is 3. The van der Waals surface area contributed by atoms with Crippen molar-refractivity contribution in [2.45, 2.75) is 105 Å². The summed E-state index contributed by atoms with van der Waals surface area (Å²) in [5.74, 6) is 0.788. The van der Waals surface area contributed by atoms with E-state index in [4.69, 9.17) is 0 Å². The Bertz CT molecular complexity index is 358. The summed E-state index contributed by atoms with van der Waals surface area (Å²) < 4.78 is 5.87. The quantitative estimate of drug-likeness (QED) is 0.226. The van der Waals surface area contributed by atoms with Crippen LogP contribution in [0.3, 0.4) is 0 Å². The molecule has 0 radical (unpaired) electrons. The second kappa shape index (κ2) is 14.3. The van der Waals surface area contributed by atoms with Crippen LogP contribution >= 0.6 is 0 Å². The van der Waals surface area contributed by atoms with E-state index in [0.29, 0.717) is 6.61 Å². The van der Waals surface area contributed by atoms with Crippen LogP contribution < -0.4 is 0 Å². The molecule has 0 aromatic heterocycles. The first-order chi connectivity index (χ1) is 12.2. The van der Waals surface area contributed by atoms with Crippen molar-refractivity contribution in [2.75, 3.05) is 6.61 Å². The zero-order valence-electron chi connectivity index (χ0n) is 17.4. The SMILES string of the molecule is CCC[CH2][Sn]([CH2]CCC)([CH2]CCC)/[C](=C/C=C/C1CCCCC1)CO. The summed E-state index contributed by atoms with van der Waals surface area (Å²) >= 11 is -2.41. The molecule has 1 rings (SSSR count). The van der Waals surface area contributed by atoms with Gasteiger partial charge >= 0.3 is 163 Å². The summed E-state index contributed by atoms with van der Waals surface area (Å²) in [5, 5.41) is 10.2. The Hall–Kier alpha value is 0.239. The molecule has 1 saturated carbocycles. The van der Waals surface area contributed by atoms with Crippen LogP contribution in [0.25, 0.3) is 0 Å². The summed E-state index contributed by atoms with van der Waals surface area (Å²) in [5.41, 5.74) is 0. The van der Waals surface area contributed by atoms with Crippen LogP contribution in [0.2, 0.25) is 13.3 Å². The van der Waals surface area contributed by atoms with Gasteiger partial charge in [-0.1, -0.05) is 0 Å². The van der Waals surface area contributed by atoms with E-state index < -0.39 is 18.4 Å². The Morgan fingerprint density at radius 2 is 1.40 bits per heavy atom. The zero-order valence-corrected chi connectivity index (χ0v) is 20.2. The van der Waals surface area contributed by atoms with E-state index in [9.17, 15) is 5.11 Å². The normalized spacial score (nSPS) is 17.5. The van der Waals surface area contributed by atoms with E-state index in [0.717, 1.165) is 5.92 Å². The molecule has 0 unspecified atom stereocenters. The van der Waals surface area contributed by atoms with E-state index >= 15 is 0 Å². The summed E-state index contributed by atoms with van der Waals surface area (Å²) in [6.45, 7) is 7.28. The van der Waals surface area contributed by atoms with Crippen molar-refractivity contribution in [1.82, 2.24) is 0 Å². The summed E-state index contributed by atoms with van der Waals surface area (Å²) in [4.78, 5) is 0. The molecule has 146 valence electrons. The summed E-state index contributed by atoms with van der Waals surface area (Å²) in [6, 6.07) is 0. The standard InChI is InChI=1S/C11H17O.3C4H9.Sn/c12-10-6-2-5-9-11-7-3-1-4-8-11;3*1-3-4-2;/h2,5,9,11-12H,1,3-4,7-8,10H2;3*1,3-4H2,2H3;/b6-2?,9-5+;;;;. The van der Waals surface area contributed by atoms with E-state index in [-0.39, 0.29) is 0 Å². The van der Waals surface area contributed by atoms with Gasteiger partial charge < -0.3 is 0 Å². The van der Waals surface area contributed by atoms with E-state index in [1.54, 1.807) is 0 Å². The molecule has 1 N–H and O–H groups in total. The molecule has 1 aliphatic rings. The Morgan fingerprint density at radius 1 is 0.880 bits per heavy atom. The Kier molecular flexibility index (Phi) is 13.3. The van der Waals surface area contributed by atoms with Crippen LogP contribution in [0.15, 0.2) is 21.8 Å². The fraction of sp³-hybridized carbons (Fsp3) is 0.826. The molecule has 1 nitrogen and oxygen atoms in total. The molecule has 1 fully saturated rings. The van der Waals surface area contributed by atoms with E-state index in [2.05, 4.69) is 39.0 Å². The molecule has 25 heavy (non-hydrogen) atoms. The zero-order chi connectivity index (χ0) is 18.4. The molecular weight excluding hydrogens is 411 g/mol. The molecule has 0 spiro atoms. The van der Waals surface area contributed by atoms with E-state index in [1.807, 2.05) is 0 Å².